The molecule has 1 heterocycles. The molecule has 0 fully saturated rings. The zero-order chi connectivity index (χ0) is 10.2. The molecule has 0 unspecified atom stereocenters. The molecule has 0 saturated heterocycles. The molecule has 0 aliphatic heterocycles. The third-order valence-corrected chi connectivity index (χ3v) is 1.80. The average molecular weight is 211 g/mol. The van der Waals surface area contributed by atoms with Crippen LogP contribution in [0.15, 0.2) is 0 Å². The van der Waals surface area contributed by atoms with Crippen LogP contribution in [0.3, 0.4) is 0 Å². The number of aryl methyl sites for hydroxylation is 2. The van der Waals surface area contributed by atoms with Crippen LogP contribution in [0.1, 0.15) is 17.1 Å². The average Bonchev–Trinajstić information content (AvgIpc) is 1.94. The van der Waals surface area contributed by atoms with Crippen molar-refractivity contribution in [1.29, 1.82) is 0 Å². The van der Waals surface area contributed by atoms with Gasteiger partial charge in [-0.05, 0) is 13.8 Å². The van der Waals surface area contributed by atoms with Crippen molar-refractivity contribution in [2.24, 2.45) is 0 Å². The minimum atomic E-state index is -4.54. The van der Waals surface area contributed by atoms with Crippen LogP contribution in [0.5, 0.6) is 0 Å². The third-order valence-electron chi connectivity index (χ3n) is 1.53. The van der Waals surface area contributed by atoms with Crippen LogP contribution in [0.25, 0.3) is 0 Å². The van der Waals surface area contributed by atoms with Gasteiger partial charge in [0.15, 0.2) is 10.8 Å². The Kier molecular flexibility index (Phi) is 2.47. The van der Waals surface area contributed by atoms with Gasteiger partial charge in [0.05, 0.1) is 11.4 Å². The number of rotatable bonds is 0. The van der Waals surface area contributed by atoms with Crippen molar-refractivity contribution in [3.05, 3.63) is 22.2 Å². The molecule has 0 spiro atoms. The molecular weight excluding hydrogens is 205 g/mol. The van der Waals surface area contributed by atoms with E-state index in [1.165, 1.54) is 6.92 Å². The van der Waals surface area contributed by atoms with Crippen molar-refractivity contribution in [2.45, 2.75) is 20.0 Å². The normalized spacial score (nSPS) is 11.8. The quantitative estimate of drug-likeness (QED) is 0.658. The van der Waals surface area contributed by atoms with Crippen LogP contribution < -0.4 is 0 Å². The summed E-state index contributed by atoms with van der Waals surface area (Å²) in [6.45, 7) is 3.00. The Morgan fingerprint density at radius 3 is 2.00 bits per heavy atom. The maximum Gasteiger partial charge on any atom is 0.436 e. The van der Waals surface area contributed by atoms with Gasteiger partial charge in [-0.1, -0.05) is 11.6 Å². The predicted molar refractivity (Wildman–Crippen MR) is 41.5 cm³/mol. The molecule has 1 aromatic heterocycles. The zero-order valence-electron chi connectivity index (χ0n) is 6.91. The Bertz CT molecular complexity index is 335. The van der Waals surface area contributed by atoms with Crippen molar-refractivity contribution in [2.75, 3.05) is 0 Å². The van der Waals surface area contributed by atoms with Gasteiger partial charge in [-0.2, -0.15) is 13.2 Å². The lowest BCUT2D eigenvalue weighted by Gasteiger charge is -2.08. The van der Waals surface area contributed by atoms with E-state index in [9.17, 15) is 13.2 Å². The molecule has 0 bridgehead atoms. The van der Waals surface area contributed by atoms with Crippen LogP contribution in [0.4, 0.5) is 13.2 Å². The summed E-state index contributed by atoms with van der Waals surface area (Å²) in [5.41, 5.74) is -0.494. The van der Waals surface area contributed by atoms with E-state index < -0.39 is 17.0 Å². The van der Waals surface area contributed by atoms with E-state index in [4.69, 9.17) is 11.6 Å². The molecule has 2 nitrogen and oxygen atoms in total. The molecular formula is C7H6ClF3N2. The second kappa shape index (κ2) is 3.14. The number of aromatic nitrogens is 2. The topological polar surface area (TPSA) is 25.8 Å². The summed E-state index contributed by atoms with van der Waals surface area (Å²) in [4.78, 5) is 6.85. The SMILES string of the molecule is Cc1nc(Cl)c(C(F)(F)F)nc1C. The van der Waals surface area contributed by atoms with Crippen molar-refractivity contribution >= 4 is 11.6 Å². The molecule has 0 aliphatic rings. The van der Waals surface area contributed by atoms with Gasteiger partial charge in [0.2, 0.25) is 0 Å². The molecule has 0 saturated carbocycles. The van der Waals surface area contributed by atoms with Crippen molar-refractivity contribution < 1.29 is 13.2 Å². The highest BCUT2D eigenvalue weighted by Crippen LogP contribution is 2.32. The standard InChI is InChI=1S/C7H6ClF3N2/c1-3-4(2)13-6(8)5(12-3)7(9,10)11/h1-2H3. The molecule has 72 valence electrons. The number of alkyl halides is 3. The van der Waals surface area contributed by atoms with Gasteiger partial charge < -0.3 is 0 Å². The second-order valence-electron chi connectivity index (χ2n) is 2.53. The Labute approximate surface area is 77.8 Å². The van der Waals surface area contributed by atoms with E-state index in [0.717, 1.165) is 0 Å². The van der Waals surface area contributed by atoms with Crippen LogP contribution in [-0.2, 0) is 6.18 Å². The molecule has 6 heteroatoms. The fraction of sp³-hybridized carbons (Fsp3) is 0.429. The fourth-order valence-corrected chi connectivity index (χ4v) is 1.03. The number of nitrogens with zero attached hydrogens (tertiary/aromatic N) is 2. The number of halogens is 4. The van der Waals surface area contributed by atoms with Crippen LogP contribution in [0.2, 0.25) is 5.15 Å². The van der Waals surface area contributed by atoms with Gasteiger partial charge >= 0.3 is 6.18 Å². The first-order valence-corrected chi connectivity index (χ1v) is 3.78. The Hall–Kier alpha value is -0.840. The summed E-state index contributed by atoms with van der Waals surface area (Å²) in [6, 6.07) is 0. The van der Waals surface area contributed by atoms with E-state index in [1.807, 2.05) is 0 Å². The molecule has 13 heavy (non-hydrogen) atoms. The lowest BCUT2D eigenvalue weighted by atomic mass is 10.3. The predicted octanol–water partition coefficient (Wildman–Crippen LogP) is 2.77. The van der Waals surface area contributed by atoms with E-state index >= 15 is 0 Å². The van der Waals surface area contributed by atoms with E-state index in [1.54, 1.807) is 6.92 Å². The van der Waals surface area contributed by atoms with Gasteiger partial charge in [0.25, 0.3) is 0 Å². The fourth-order valence-electron chi connectivity index (χ4n) is 0.756. The largest absolute Gasteiger partial charge is 0.436 e. The first-order chi connectivity index (χ1) is 5.82. The molecule has 0 aliphatic carbocycles. The van der Waals surface area contributed by atoms with Crippen LogP contribution in [-0.4, -0.2) is 9.97 Å². The van der Waals surface area contributed by atoms with Gasteiger partial charge in [0, 0.05) is 0 Å². The van der Waals surface area contributed by atoms with E-state index in [2.05, 4.69) is 9.97 Å². The van der Waals surface area contributed by atoms with Gasteiger partial charge in [-0.3, -0.25) is 0 Å². The summed E-state index contributed by atoms with van der Waals surface area (Å²) in [6.07, 6.45) is -4.54. The molecule has 1 aromatic rings. The smallest absolute Gasteiger partial charge is 0.244 e. The first kappa shape index (κ1) is 10.2. The van der Waals surface area contributed by atoms with Crippen molar-refractivity contribution in [3.63, 3.8) is 0 Å². The Balaban J connectivity index is 3.32. The monoisotopic (exact) mass is 210 g/mol. The maximum atomic E-state index is 12.2. The lowest BCUT2D eigenvalue weighted by Crippen LogP contribution is -2.12. The van der Waals surface area contributed by atoms with Crippen LogP contribution >= 0.6 is 11.6 Å². The number of hydrogen-bond donors (Lipinski definition) is 0. The number of hydrogen-bond acceptors (Lipinski definition) is 2. The highest BCUT2D eigenvalue weighted by Gasteiger charge is 2.36. The van der Waals surface area contributed by atoms with Gasteiger partial charge in [-0.25, -0.2) is 9.97 Å². The maximum absolute atomic E-state index is 12.2. The Morgan fingerprint density at radius 1 is 1.08 bits per heavy atom. The Morgan fingerprint density at radius 2 is 1.54 bits per heavy atom. The summed E-state index contributed by atoms with van der Waals surface area (Å²) >= 11 is 5.29. The highest BCUT2D eigenvalue weighted by molar-refractivity contribution is 6.30. The first-order valence-electron chi connectivity index (χ1n) is 3.40. The minimum Gasteiger partial charge on any atom is -0.244 e. The minimum absolute atomic E-state index is 0.233. The summed E-state index contributed by atoms with van der Waals surface area (Å²) < 4.78 is 36.5. The molecule has 0 atom stereocenters. The summed E-state index contributed by atoms with van der Waals surface area (Å²) in [7, 11) is 0. The molecule has 1 rings (SSSR count). The van der Waals surface area contributed by atoms with Gasteiger partial charge in [0.1, 0.15) is 0 Å². The zero-order valence-corrected chi connectivity index (χ0v) is 7.66. The van der Waals surface area contributed by atoms with E-state index in [0.29, 0.717) is 5.69 Å². The molecule has 0 amide bonds. The second-order valence-corrected chi connectivity index (χ2v) is 2.89. The molecule has 0 radical (unpaired) electrons. The van der Waals surface area contributed by atoms with Gasteiger partial charge in [-0.15, -0.1) is 0 Å². The van der Waals surface area contributed by atoms with Crippen LogP contribution in [0, 0.1) is 13.8 Å². The van der Waals surface area contributed by atoms with Crippen molar-refractivity contribution in [3.8, 4) is 0 Å². The third kappa shape index (κ3) is 2.09. The lowest BCUT2D eigenvalue weighted by molar-refractivity contribution is -0.141. The summed E-state index contributed by atoms with van der Waals surface area (Å²) in [5, 5.41) is -0.601. The van der Waals surface area contributed by atoms with E-state index in [-0.39, 0.29) is 5.69 Å². The van der Waals surface area contributed by atoms with Crippen molar-refractivity contribution in [1.82, 2.24) is 9.97 Å². The highest BCUT2D eigenvalue weighted by atomic mass is 35.5. The summed E-state index contributed by atoms with van der Waals surface area (Å²) in [5.74, 6) is 0. The molecule has 0 aromatic carbocycles. The molecule has 0 N–H and O–H groups in total.